The maximum absolute atomic E-state index is 13.4. The lowest BCUT2D eigenvalue weighted by atomic mass is 9.89. The van der Waals surface area contributed by atoms with Crippen LogP contribution in [-0.4, -0.2) is 21.7 Å². The minimum atomic E-state index is -0.258. The molecule has 0 N–H and O–H groups in total. The Bertz CT molecular complexity index is 1720. The van der Waals surface area contributed by atoms with Gasteiger partial charge in [-0.1, -0.05) is 111 Å². The van der Waals surface area contributed by atoms with Crippen LogP contribution in [0.4, 0.5) is 0 Å². The van der Waals surface area contributed by atoms with Crippen molar-refractivity contribution in [1.82, 2.24) is 9.78 Å². The van der Waals surface area contributed by atoms with Gasteiger partial charge in [-0.05, 0) is 46.7 Å². The Labute approximate surface area is 240 Å². The average Bonchev–Trinajstić information content (AvgIpc) is 3.31. The molecule has 5 nitrogen and oxygen atoms in total. The molecule has 4 aromatic carbocycles. The molecule has 0 aliphatic rings. The maximum atomic E-state index is 13.4. The second-order valence-electron chi connectivity index (χ2n) is 10.3. The van der Waals surface area contributed by atoms with Gasteiger partial charge in [-0.2, -0.15) is 14.7 Å². The zero-order valence-corrected chi connectivity index (χ0v) is 23.5. The molecule has 0 saturated heterocycles. The van der Waals surface area contributed by atoms with Gasteiger partial charge in [0.15, 0.2) is 5.78 Å². The van der Waals surface area contributed by atoms with Gasteiger partial charge in [-0.25, -0.2) is 0 Å². The highest BCUT2D eigenvalue weighted by Crippen LogP contribution is 2.27. The van der Waals surface area contributed by atoms with Crippen molar-refractivity contribution in [3.63, 3.8) is 0 Å². The quantitative estimate of drug-likeness (QED) is 0.150. The molecule has 0 radical (unpaired) electrons. The summed E-state index contributed by atoms with van der Waals surface area (Å²) in [6.45, 7) is 6.96. The smallest absolute Gasteiger partial charge is 0.294 e. The van der Waals surface area contributed by atoms with Crippen LogP contribution in [0, 0.1) is 19.3 Å². The van der Waals surface area contributed by atoms with Crippen LogP contribution in [0.5, 0.6) is 0 Å². The van der Waals surface area contributed by atoms with Crippen molar-refractivity contribution in [2.75, 3.05) is 0 Å². The maximum Gasteiger partial charge on any atom is 0.373 e. The van der Waals surface area contributed by atoms with Gasteiger partial charge >= 0.3 is 6.15 Å². The number of ketones is 1. The number of hydrogen-bond acceptors (Lipinski definition) is 4. The highest BCUT2D eigenvalue weighted by molar-refractivity contribution is 6.00. The number of carbonyl (C=O) groups excluding carboxylic acids is 3. The van der Waals surface area contributed by atoms with Gasteiger partial charge < -0.3 is 0 Å². The predicted molar refractivity (Wildman–Crippen MR) is 162 cm³/mol. The summed E-state index contributed by atoms with van der Waals surface area (Å²) in [5.41, 5.74) is 8.36. The van der Waals surface area contributed by atoms with E-state index in [4.69, 9.17) is 21.1 Å². The molecule has 0 fully saturated rings. The lowest BCUT2D eigenvalue weighted by Gasteiger charge is -2.14. The van der Waals surface area contributed by atoms with Crippen molar-refractivity contribution in [2.24, 2.45) is 0 Å². The number of aryl methyl sites for hydroxylation is 1. The first kappa shape index (κ1) is 29.0. The Kier molecular flexibility index (Phi) is 9.43. The average molecular weight is 541 g/mol. The van der Waals surface area contributed by atoms with Crippen LogP contribution in [0.3, 0.4) is 0 Å². The Morgan fingerprint density at radius 1 is 0.854 bits per heavy atom. The summed E-state index contributed by atoms with van der Waals surface area (Å²) < 4.78 is 1.99. The number of aromatic nitrogens is 2. The van der Waals surface area contributed by atoms with E-state index in [2.05, 4.69) is 80.4 Å². The Morgan fingerprint density at radius 3 is 2.17 bits per heavy atom. The van der Waals surface area contributed by atoms with Crippen molar-refractivity contribution >= 4 is 22.8 Å². The molecule has 1 heterocycles. The zero-order valence-electron chi connectivity index (χ0n) is 23.5. The fourth-order valence-electron chi connectivity index (χ4n) is 4.95. The molecule has 0 saturated carbocycles. The highest BCUT2D eigenvalue weighted by atomic mass is 16.2. The molecule has 0 aliphatic heterocycles. The molecule has 5 rings (SSSR count). The topological polar surface area (TPSA) is 69.0 Å². The summed E-state index contributed by atoms with van der Waals surface area (Å²) in [6, 6.07) is 33.1. The van der Waals surface area contributed by atoms with Crippen molar-refractivity contribution in [2.45, 2.75) is 45.6 Å². The fourth-order valence-corrected chi connectivity index (χ4v) is 4.95. The minimum Gasteiger partial charge on any atom is -0.294 e. The van der Waals surface area contributed by atoms with Gasteiger partial charge in [0.1, 0.15) is 0 Å². The summed E-state index contributed by atoms with van der Waals surface area (Å²) in [7, 11) is 0. The second-order valence-corrected chi connectivity index (χ2v) is 10.3. The second kappa shape index (κ2) is 13.3. The number of Topliss-reactive ketones (excluding diaryl/α,β-unsaturated/α-hetero) is 1. The van der Waals surface area contributed by atoms with Gasteiger partial charge in [0.05, 0.1) is 23.7 Å². The summed E-state index contributed by atoms with van der Waals surface area (Å²) in [4.78, 5) is 29.6. The molecule has 5 heteroatoms. The lowest BCUT2D eigenvalue weighted by Crippen LogP contribution is -2.08. The summed E-state index contributed by atoms with van der Waals surface area (Å²) in [5.74, 6) is 3.04. The molecule has 0 spiro atoms. The van der Waals surface area contributed by atoms with Crippen molar-refractivity contribution in [1.29, 1.82) is 0 Å². The molecule has 0 amide bonds. The molecule has 1 atom stereocenters. The number of terminal acetylenes is 1. The third kappa shape index (κ3) is 6.94. The van der Waals surface area contributed by atoms with E-state index in [-0.39, 0.29) is 24.3 Å². The highest BCUT2D eigenvalue weighted by Gasteiger charge is 2.18. The SMILES string of the molecule is C#C[C@H](CC(=O)c1ccc2c(C)nn(Cc3ccc(-c4ccccc4)cc3)c2c1)c1cccc(C(C)C)c1.O=C=O. The van der Waals surface area contributed by atoms with E-state index in [1.54, 1.807) is 0 Å². The van der Waals surface area contributed by atoms with E-state index in [9.17, 15) is 4.79 Å². The minimum absolute atomic E-state index is 0.0439. The molecule has 0 aliphatic carbocycles. The van der Waals surface area contributed by atoms with E-state index in [0.717, 1.165) is 27.7 Å². The number of benzene rings is 4. The van der Waals surface area contributed by atoms with E-state index < -0.39 is 0 Å². The molecule has 41 heavy (non-hydrogen) atoms. The van der Waals surface area contributed by atoms with Crippen LogP contribution in [0.1, 0.15) is 64.8 Å². The first-order chi connectivity index (χ1) is 19.8. The van der Waals surface area contributed by atoms with Crippen LogP contribution in [0.15, 0.2) is 97.1 Å². The van der Waals surface area contributed by atoms with E-state index >= 15 is 0 Å². The van der Waals surface area contributed by atoms with Crippen LogP contribution >= 0.6 is 0 Å². The summed E-state index contributed by atoms with van der Waals surface area (Å²) in [6.07, 6.45) is 6.42. The van der Waals surface area contributed by atoms with Gasteiger partial charge in [0.2, 0.25) is 0 Å². The van der Waals surface area contributed by atoms with Gasteiger partial charge in [0.25, 0.3) is 0 Å². The Morgan fingerprint density at radius 2 is 1.51 bits per heavy atom. The van der Waals surface area contributed by atoms with Crippen LogP contribution in [-0.2, 0) is 16.1 Å². The van der Waals surface area contributed by atoms with Crippen LogP contribution in [0.25, 0.3) is 22.0 Å². The lowest BCUT2D eigenvalue weighted by molar-refractivity contribution is -0.191. The molecule has 0 unspecified atom stereocenters. The molecular weight excluding hydrogens is 508 g/mol. The monoisotopic (exact) mass is 540 g/mol. The van der Waals surface area contributed by atoms with Gasteiger partial charge in [0, 0.05) is 17.4 Å². The number of rotatable bonds is 8. The van der Waals surface area contributed by atoms with E-state index in [0.29, 0.717) is 18.0 Å². The molecule has 1 aromatic heterocycles. The third-order valence-corrected chi connectivity index (χ3v) is 7.22. The van der Waals surface area contributed by atoms with Gasteiger partial charge in [-0.15, -0.1) is 6.42 Å². The van der Waals surface area contributed by atoms with Crippen molar-refractivity contribution in [3.05, 3.63) is 125 Å². The van der Waals surface area contributed by atoms with E-state index in [1.165, 1.54) is 16.7 Å². The Hall–Kier alpha value is -5.04. The Balaban J connectivity index is 0.00000124. The number of fused-ring (bicyclic) bond motifs is 1. The number of nitrogens with zero attached hydrogens (tertiary/aromatic N) is 2. The fraction of sp³-hybridized carbons (Fsp3) is 0.194. The van der Waals surface area contributed by atoms with Crippen LogP contribution < -0.4 is 0 Å². The number of carbonyl (C=O) groups is 1. The number of hydrogen-bond donors (Lipinski definition) is 0. The standard InChI is InChI=1S/C35H32N2O.CO2/c1-5-27(31-13-9-12-30(20-31)24(2)3)22-35(38)32-18-19-33-25(4)36-37(34(33)21-32)23-26-14-16-29(17-15-26)28-10-7-6-8-11-28;2-1-3/h1,6-21,24,27H,22-23H2,2-4H3;/t27-;/m1./s1. The summed E-state index contributed by atoms with van der Waals surface area (Å²) in [5, 5.41) is 5.85. The molecule has 204 valence electrons. The van der Waals surface area contributed by atoms with Crippen LogP contribution in [0.2, 0.25) is 0 Å². The molecule has 5 aromatic rings. The molecule has 0 bridgehead atoms. The first-order valence-electron chi connectivity index (χ1n) is 13.5. The predicted octanol–water partition coefficient (Wildman–Crippen LogP) is 7.59. The zero-order chi connectivity index (χ0) is 29.4. The largest absolute Gasteiger partial charge is 0.373 e. The van der Waals surface area contributed by atoms with Crippen molar-refractivity contribution in [3.8, 4) is 23.5 Å². The van der Waals surface area contributed by atoms with E-state index in [1.807, 2.05) is 48.0 Å². The van der Waals surface area contributed by atoms with Crippen molar-refractivity contribution < 1.29 is 14.4 Å². The first-order valence-corrected chi connectivity index (χ1v) is 13.5. The third-order valence-electron chi connectivity index (χ3n) is 7.22. The summed E-state index contributed by atoms with van der Waals surface area (Å²) >= 11 is 0. The normalized spacial score (nSPS) is 11.3. The van der Waals surface area contributed by atoms with Gasteiger partial charge in [-0.3, -0.25) is 9.48 Å². The molecular formula is C36H32N2O3.